The number of benzene rings is 2. The fourth-order valence-corrected chi connectivity index (χ4v) is 4.22. The van der Waals surface area contributed by atoms with E-state index in [0.29, 0.717) is 23.1 Å². The third kappa shape index (κ3) is 3.81. The molecule has 7 nitrogen and oxygen atoms in total. The topological polar surface area (TPSA) is 78.9 Å². The zero-order valence-electron chi connectivity index (χ0n) is 16.1. The summed E-state index contributed by atoms with van der Waals surface area (Å²) in [6, 6.07) is 11.4. The van der Waals surface area contributed by atoms with Crippen molar-refractivity contribution in [1.29, 1.82) is 0 Å². The summed E-state index contributed by atoms with van der Waals surface area (Å²) < 4.78 is 21.4. The molecular formula is C22H18N2O5S. The summed E-state index contributed by atoms with van der Waals surface area (Å²) in [5.41, 5.74) is 2.85. The van der Waals surface area contributed by atoms with Crippen LogP contribution in [0.1, 0.15) is 21.7 Å². The number of hydrogen-bond acceptors (Lipinski definition) is 7. The number of ether oxygens (including phenoxy) is 4. The Labute approximate surface area is 176 Å². The maximum Gasteiger partial charge on any atom is 0.250 e. The molecule has 0 spiro atoms. The maximum atomic E-state index is 12.3. The lowest BCUT2D eigenvalue weighted by Crippen LogP contribution is -2.07. The summed E-state index contributed by atoms with van der Waals surface area (Å²) in [6.45, 7) is 2.42. The summed E-state index contributed by atoms with van der Waals surface area (Å²) >= 11 is 1.47. The summed E-state index contributed by atoms with van der Waals surface area (Å²) in [5, 5.41) is 3.41. The van der Waals surface area contributed by atoms with Gasteiger partial charge in [-0.3, -0.25) is 10.1 Å². The van der Waals surface area contributed by atoms with Gasteiger partial charge >= 0.3 is 0 Å². The molecule has 3 aromatic rings. The van der Waals surface area contributed by atoms with Crippen molar-refractivity contribution in [2.75, 3.05) is 18.9 Å². The number of carbonyl (C=O) groups excluding carboxylic acids is 1. The van der Waals surface area contributed by atoms with E-state index >= 15 is 0 Å². The Bertz CT molecular complexity index is 1150. The van der Waals surface area contributed by atoms with Crippen molar-refractivity contribution in [3.8, 4) is 23.0 Å². The van der Waals surface area contributed by atoms with Crippen LogP contribution in [0.25, 0.3) is 6.08 Å². The highest BCUT2D eigenvalue weighted by molar-refractivity contribution is 7.15. The van der Waals surface area contributed by atoms with Gasteiger partial charge in [-0.05, 0) is 48.4 Å². The van der Waals surface area contributed by atoms with Crippen LogP contribution in [0.4, 0.5) is 5.13 Å². The third-order valence-corrected chi connectivity index (χ3v) is 5.82. The third-order valence-electron chi connectivity index (χ3n) is 4.75. The number of aromatic nitrogens is 1. The van der Waals surface area contributed by atoms with Crippen LogP contribution in [0.15, 0.2) is 42.5 Å². The molecule has 8 heteroatoms. The molecular weight excluding hydrogens is 404 g/mol. The monoisotopic (exact) mass is 422 g/mol. The predicted molar refractivity (Wildman–Crippen MR) is 112 cm³/mol. The van der Waals surface area contributed by atoms with Crippen molar-refractivity contribution < 1.29 is 23.7 Å². The van der Waals surface area contributed by atoms with Gasteiger partial charge < -0.3 is 18.9 Å². The Balaban J connectivity index is 1.24. The van der Waals surface area contributed by atoms with Gasteiger partial charge in [0.25, 0.3) is 0 Å². The van der Waals surface area contributed by atoms with Crippen LogP contribution in [-0.4, -0.2) is 24.5 Å². The van der Waals surface area contributed by atoms with Gasteiger partial charge in [0.2, 0.25) is 19.5 Å². The number of thiazole rings is 1. The molecule has 0 bridgehead atoms. The first-order valence-electron chi connectivity index (χ1n) is 9.37. The first kappa shape index (κ1) is 18.5. The smallest absolute Gasteiger partial charge is 0.250 e. The van der Waals surface area contributed by atoms with Crippen LogP contribution in [0.3, 0.4) is 0 Å². The van der Waals surface area contributed by atoms with E-state index in [4.69, 9.17) is 18.9 Å². The molecule has 1 N–H and O–H groups in total. The van der Waals surface area contributed by atoms with Crippen LogP contribution >= 0.6 is 11.3 Å². The Hall–Kier alpha value is -3.52. The quantitative estimate of drug-likeness (QED) is 0.623. The molecule has 2 aromatic carbocycles. The van der Waals surface area contributed by atoms with E-state index < -0.39 is 0 Å². The molecule has 0 unspecified atom stereocenters. The Morgan fingerprint density at radius 2 is 1.73 bits per heavy atom. The first-order chi connectivity index (χ1) is 14.6. The van der Waals surface area contributed by atoms with Gasteiger partial charge in [0.15, 0.2) is 28.1 Å². The van der Waals surface area contributed by atoms with Crippen molar-refractivity contribution in [3.63, 3.8) is 0 Å². The molecule has 1 amide bonds. The zero-order valence-corrected chi connectivity index (χ0v) is 17.0. The number of amides is 1. The number of hydrogen-bond donors (Lipinski definition) is 1. The molecule has 0 radical (unpaired) electrons. The zero-order chi connectivity index (χ0) is 20.5. The fourth-order valence-electron chi connectivity index (χ4n) is 3.22. The van der Waals surface area contributed by atoms with E-state index in [9.17, 15) is 4.79 Å². The van der Waals surface area contributed by atoms with Crippen LogP contribution in [0, 0.1) is 6.92 Å². The SMILES string of the molecule is Cc1nc(NC(=O)C=Cc2ccc3c(c2)OCO3)sc1Cc1ccc2c(c1)OCO2. The number of carbonyl (C=O) groups is 1. The normalized spacial score (nSPS) is 13.8. The lowest BCUT2D eigenvalue weighted by atomic mass is 10.1. The van der Waals surface area contributed by atoms with Gasteiger partial charge in [0.1, 0.15) is 0 Å². The molecule has 1 aromatic heterocycles. The molecule has 3 heterocycles. The molecule has 2 aliphatic rings. The van der Waals surface area contributed by atoms with Crippen LogP contribution < -0.4 is 24.3 Å². The molecule has 30 heavy (non-hydrogen) atoms. The lowest BCUT2D eigenvalue weighted by molar-refractivity contribution is -0.111. The van der Waals surface area contributed by atoms with Gasteiger partial charge in [-0.2, -0.15) is 0 Å². The van der Waals surface area contributed by atoms with Gasteiger partial charge in [0, 0.05) is 17.4 Å². The van der Waals surface area contributed by atoms with E-state index in [1.165, 1.54) is 17.4 Å². The first-order valence-corrected chi connectivity index (χ1v) is 10.2. The number of aryl methyl sites for hydroxylation is 1. The second-order valence-corrected chi connectivity index (χ2v) is 7.91. The van der Waals surface area contributed by atoms with Crippen molar-refractivity contribution in [3.05, 3.63) is 64.2 Å². The van der Waals surface area contributed by atoms with Gasteiger partial charge in [-0.25, -0.2) is 4.98 Å². The molecule has 2 aliphatic heterocycles. The minimum atomic E-state index is -0.240. The summed E-state index contributed by atoms with van der Waals surface area (Å²) in [5.74, 6) is 2.68. The average molecular weight is 422 g/mol. The number of fused-ring (bicyclic) bond motifs is 2. The number of nitrogens with zero attached hydrogens (tertiary/aromatic N) is 1. The molecule has 0 fully saturated rings. The molecule has 152 valence electrons. The lowest BCUT2D eigenvalue weighted by Gasteiger charge is -2.02. The highest BCUT2D eigenvalue weighted by atomic mass is 32.1. The second kappa shape index (κ2) is 7.72. The van der Waals surface area contributed by atoms with Gasteiger partial charge in [-0.15, -0.1) is 11.3 Å². The fraction of sp³-hybridized carbons (Fsp3) is 0.182. The molecule has 0 saturated carbocycles. The summed E-state index contributed by atoms with van der Waals surface area (Å²) in [4.78, 5) is 17.9. The van der Waals surface area contributed by atoms with E-state index in [1.54, 1.807) is 6.08 Å². The molecule has 5 rings (SSSR count). The molecule has 0 atom stereocenters. The standard InChI is InChI=1S/C22H18N2O5S/c1-13-20(10-15-3-6-17-19(9-15)29-12-27-17)30-22(23-13)24-21(25)7-4-14-2-5-16-18(8-14)28-11-26-16/h2-9H,10-12H2,1H3,(H,23,24,25). The molecule has 0 aliphatic carbocycles. The highest BCUT2D eigenvalue weighted by Crippen LogP contribution is 2.35. The Morgan fingerprint density at radius 3 is 2.53 bits per heavy atom. The number of anilines is 1. The Kier molecular flexibility index (Phi) is 4.76. The van der Waals surface area contributed by atoms with E-state index in [1.807, 2.05) is 43.3 Å². The van der Waals surface area contributed by atoms with Crippen LogP contribution in [-0.2, 0) is 11.2 Å². The predicted octanol–water partition coefficient (Wildman–Crippen LogP) is 4.15. The minimum Gasteiger partial charge on any atom is -0.454 e. The summed E-state index contributed by atoms with van der Waals surface area (Å²) in [7, 11) is 0. The van der Waals surface area contributed by atoms with Crippen molar-refractivity contribution in [2.45, 2.75) is 13.3 Å². The average Bonchev–Trinajstić information content (AvgIpc) is 3.46. The van der Waals surface area contributed by atoms with Crippen molar-refractivity contribution in [2.24, 2.45) is 0 Å². The van der Waals surface area contributed by atoms with E-state index in [-0.39, 0.29) is 19.5 Å². The van der Waals surface area contributed by atoms with Gasteiger partial charge in [-0.1, -0.05) is 12.1 Å². The Morgan fingerprint density at radius 1 is 1.03 bits per heavy atom. The number of nitrogens with one attached hydrogen (secondary N) is 1. The number of rotatable bonds is 5. The van der Waals surface area contributed by atoms with Crippen LogP contribution in [0.2, 0.25) is 0 Å². The largest absolute Gasteiger partial charge is 0.454 e. The van der Waals surface area contributed by atoms with Crippen molar-refractivity contribution in [1.82, 2.24) is 4.98 Å². The van der Waals surface area contributed by atoms with Gasteiger partial charge in [0.05, 0.1) is 5.69 Å². The molecule has 0 saturated heterocycles. The van der Waals surface area contributed by atoms with Crippen molar-refractivity contribution >= 4 is 28.5 Å². The highest BCUT2D eigenvalue weighted by Gasteiger charge is 2.16. The van der Waals surface area contributed by atoms with E-state index in [0.717, 1.165) is 33.2 Å². The van der Waals surface area contributed by atoms with E-state index in [2.05, 4.69) is 10.3 Å². The minimum absolute atomic E-state index is 0.223. The maximum absolute atomic E-state index is 12.3. The van der Waals surface area contributed by atoms with Crippen LogP contribution in [0.5, 0.6) is 23.0 Å². The summed E-state index contributed by atoms with van der Waals surface area (Å²) in [6.07, 6.45) is 3.92. The second-order valence-electron chi connectivity index (χ2n) is 6.83.